The molecule has 0 radical (unpaired) electrons. The molecule has 0 aliphatic carbocycles. The smallest absolute Gasteiger partial charge is 0.269 e. The maximum atomic E-state index is 11.9. The van der Waals surface area contributed by atoms with Crippen molar-refractivity contribution >= 4 is 22.4 Å². The van der Waals surface area contributed by atoms with Crippen LogP contribution in [0, 0.1) is 10.1 Å². The van der Waals surface area contributed by atoms with E-state index in [0.717, 1.165) is 5.56 Å². The zero-order valence-corrected chi connectivity index (χ0v) is 12.5. The lowest BCUT2D eigenvalue weighted by Crippen LogP contribution is -2.31. The molecule has 0 spiro atoms. The number of hydrogen-bond donors (Lipinski definition) is 1. The summed E-state index contributed by atoms with van der Waals surface area (Å²) in [6, 6.07) is 6.16. The van der Waals surface area contributed by atoms with Gasteiger partial charge in [0.15, 0.2) is 0 Å². The van der Waals surface area contributed by atoms with Gasteiger partial charge in [0.2, 0.25) is 5.91 Å². The summed E-state index contributed by atoms with van der Waals surface area (Å²) >= 11 is 0. The monoisotopic (exact) mass is 311 g/mol. The maximum Gasteiger partial charge on any atom is 0.269 e. The molecule has 1 aliphatic rings. The van der Waals surface area contributed by atoms with E-state index < -0.39 is 15.7 Å². The van der Waals surface area contributed by atoms with E-state index in [0.29, 0.717) is 18.7 Å². The number of nitro benzene ring substituents is 1. The molecule has 21 heavy (non-hydrogen) atoms. The highest BCUT2D eigenvalue weighted by atomic mass is 32.2. The van der Waals surface area contributed by atoms with Gasteiger partial charge in [-0.15, -0.1) is 0 Å². The van der Waals surface area contributed by atoms with Crippen molar-refractivity contribution in [3.63, 3.8) is 0 Å². The lowest BCUT2D eigenvalue weighted by atomic mass is 10.1. The van der Waals surface area contributed by atoms with Crippen LogP contribution in [0.2, 0.25) is 0 Å². The van der Waals surface area contributed by atoms with E-state index in [1.807, 2.05) is 0 Å². The van der Waals surface area contributed by atoms with Crippen LogP contribution < -0.4 is 5.32 Å². The van der Waals surface area contributed by atoms with Crippen molar-refractivity contribution in [2.45, 2.75) is 12.6 Å². The van der Waals surface area contributed by atoms with E-state index in [9.17, 15) is 19.1 Å². The second-order valence-electron chi connectivity index (χ2n) is 4.85. The molecule has 1 aliphatic heterocycles. The first-order chi connectivity index (χ1) is 9.99. The molecular weight excluding hydrogens is 294 g/mol. The Balaban J connectivity index is 2.07. The van der Waals surface area contributed by atoms with E-state index in [1.165, 1.54) is 12.1 Å². The highest BCUT2D eigenvalue weighted by molar-refractivity contribution is 7.84. The summed E-state index contributed by atoms with van der Waals surface area (Å²) < 4.78 is 11.1. The molecule has 0 bridgehead atoms. The average molecular weight is 311 g/mol. The quantitative estimate of drug-likeness (QED) is 0.619. The zero-order valence-electron chi connectivity index (χ0n) is 11.7. The number of amides is 1. The molecule has 7 nitrogen and oxygen atoms in total. The van der Waals surface area contributed by atoms with Crippen LogP contribution >= 0.6 is 0 Å². The third-order valence-corrected chi connectivity index (χ3v) is 4.19. The fraction of sp³-hybridized carbons (Fsp3) is 0.462. The molecule has 8 heteroatoms. The number of nitrogens with one attached hydrogen (secondary N) is 1. The number of carbonyl (C=O) groups excluding carboxylic acids is 1. The summed E-state index contributed by atoms with van der Waals surface area (Å²) in [7, 11) is -0.874. The summed E-state index contributed by atoms with van der Waals surface area (Å²) in [4.78, 5) is 23.8. The Morgan fingerprint density at radius 1 is 1.43 bits per heavy atom. The highest BCUT2D eigenvalue weighted by Crippen LogP contribution is 2.24. The number of benzene rings is 1. The molecule has 1 N–H and O–H groups in total. The Morgan fingerprint density at radius 3 is 2.67 bits per heavy atom. The van der Waals surface area contributed by atoms with Crippen molar-refractivity contribution in [2.75, 3.05) is 25.1 Å². The predicted molar refractivity (Wildman–Crippen MR) is 79.1 cm³/mol. The molecule has 1 fully saturated rings. The SMILES string of the molecule is CS(=O)CCCN1C(=O)CNC1c1ccc([N+](=O)[O-])cc1. The van der Waals surface area contributed by atoms with E-state index in [4.69, 9.17) is 0 Å². The molecule has 2 atom stereocenters. The van der Waals surface area contributed by atoms with Crippen LogP contribution in [0.25, 0.3) is 0 Å². The largest absolute Gasteiger partial charge is 0.322 e. The van der Waals surface area contributed by atoms with Crippen LogP contribution in [-0.2, 0) is 15.6 Å². The predicted octanol–water partition coefficient (Wildman–Crippen LogP) is 0.794. The van der Waals surface area contributed by atoms with Crippen molar-refractivity contribution in [1.29, 1.82) is 0 Å². The molecule has 2 rings (SSSR count). The van der Waals surface area contributed by atoms with Gasteiger partial charge in [0.25, 0.3) is 5.69 Å². The van der Waals surface area contributed by atoms with E-state index in [-0.39, 0.29) is 24.3 Å². The lowest BCUT2D eigenvalue weighted by molar-refractivity contribution is -0.384. The first-order valence-corrected chi connectivity index (χ1v) is 8.29. The van der Waals surface area contributed by atoms with Gasteiger partial charge in [0.05, 0.1) is 11.5 Å². The second-order valence-corrected chi connectivity index (χ2v) is 6.40. The first kappa shape index (κ1) is 15.6. The topological polar surface area (TPSA) is 92.6 Å². The number of carbonyl (C=O) groups is 1. The van der Waals surface area contributed by atoms with Crippen LogP contribution in [0.3, 0.4) is 0 Å². The average Bonchev–Trinajstić information content (AvgIpc) is 2.80. The fourth-order valence-corrected chi connectivity index (χ4v) is 2.84. The summed E-state index contributed by atoms with van der Waals surface area (Å²) in [5.74, 6) is 0.539. The van der Waals surface area contributed by atoms with Crippen LogP contribution in [-0.4, -0.2) is 45.0 Å². The van der Waals surface area contributed by atoms with Crippen LogP contribution in [0.4, 0.5) is 5.69 Å². The minimum absolute atomic E-state index is 0.0137. The molecule has 1 amide bonds. The summed E-state index contributed by atoms with van der Waals surface area (Å²) in [6.07, 6.45) is 2.03. The Kier molecular flexibility index (Phi) is 5.03. The Bertz CT molecular complexity index is 561. The van der Waals surface area contributed by atoms with Gasteiger partial charge in [-0.25, -0.2) is 0 Å². The highest BCUT2D eigenvalue weighted by Gasteiger charge is 2.31. The molecule has 2 unspecified atom stereocenters. The Labute approximate surface area is 124 Å². The van der Waals surface area contributed by atoms with Crippen LogP contribution in [0.15, 0.2) is 24.3 Å². The molecule has 1 aromatic rings. The second kappa shape index (κ2) is 6.77. The number of rotatable bonds is 6. The Hall–Kier alpha value is -1.80. The van der Waals surface area contributed by atoms with Gasteiger partial charge >= 0.3 is 0 Å². The van der Waals surface area contributed by atoms with E-state index in [1.54, 1.807) is 23.3 Å². The Morgan fingerprint density at radius 2 is 2.10 bits per heavy atom. The minimum atomic E-state index is -0.874. The standard InChI is InChI=1S/C13H17N3O4S/c1-21(20)8-2-7-15-12(17)9-14-13(15)10-3-5-11(6-4-10)16(18)19/h3-6,13-14H,2,7-9H2,1H3. The molecule has 0 saturated carbocycles. The fourth-order valence-electron chi connectivity index (χ4n) is 2.31. The van der Waals surface area contributed by atoms with Crippen LogP contribution in [0.5, 0.6) is 0 Å². The first-order valence-electron chi connectivity index (χ1n) is 6.56. The normalized spacial score (nSPS) is 19.8. The third-order valence-electron chi connectivity index (χ3n) is 3.33. The van der Waals surface area contributed by atoms with Crippen molar-refractivity contribution < 1.29 is 13.9 Å². The van der Waals surface area contributed by atoms with Crippen molar-refractivity contribution in [3.05, 3.63) is 39.9 Å². The van der Waals surface area contributed by atoms with Crippen molar-refractivity contribution in [3.8, 4) is 0 Å². The molecule has 1 heterocycles. The van der Waals surface area contributed by atoms with E-state index in [2.05, 4.69) is 5.32 Å². The molecule has 1 aromatic carbocycles. The lowest BCUT2D eigenvalue weighted by Gasteiger charge is -2.24. The summed E-state index contributed by atoms with van der Waals surface area (Å²) in [6.45, 7) is 0.768. The third kappa shape index (κ3) is 3.85. The van der Waals surface area contributed by atoms with Crippen LogP contribution in [0.1, 0.15) is 18.2 Å². The maximum absolute atomic E-state index is 11.9. The molecule has 1 saturated heterocycles. The number of nitro groups is 1. The molecular formula is C13H17N3O4S. The number of hydrogen-bond acceptors (Lipinski definition) is 5. The van der Waals surface area contributed by atoms with Crippen molar-refractivity contribution in [1.82, 2.24) is 10.2 Å². The van der Waals surface area contributed by atoms with Gasteiger partial charge in [-0.2, -0.15) is 0 Å². The van der Waals surface area contributed by atoms with Gasteiger partial charge < -0.3 is 4.90 Å². The van der Waals surface area contributed by atoms with Gasteiger partial charge in [0, 0.05) is 41.5 Å². The summed E-state index contributed by atoms with van der Waals surface area (Å²) in [5, 5.41) is 13.7. The zero-order chi connectivity index (χ0) is 15.4. The van der Waals surface area contributed by atoms with Gasteiger partial charge in [0.1, 0.15) is 6.17 Å². The molecule has 0 aromatic heterocycles. The van der Waals surface area contributed by atoms with Crippen molar-refractivity contribution in [2.24, 2.45) is 0 Å². The number of nitrogens with zero attached hydrogens (tertiary/aromatic N) is 2. The molecule has 114 valence electrons. The van der Waals surface area contributed by atoms with Gasteiger partial charge in [-0.3, -0.25) is 24.4 Å². The minimum Gasteiger partial charge on any atom is -0.322 e. The van der Waals surface area contributed by atoms with E-state index >= 15 is 0 Å². The van der Waals surface area contributed by atoms with Gasteiger partial charge in [-0.1, -0.05) is 0 Å². The van der Waals surface area contributed by atoms with Gasteiger partial charge in [-0.05, 0) is 24.1 Å². The number of non-ortho nitro benzene ring substituents is 1. The summed E-state index contributed by atoms with van der Waals surface area (Å²) in [5.41, 5.74) is 0.833.